The van der Waals surface area contributed by atoms with Crippen molar-refractivity contribution < 1.29 is 8.42 Å². The number of benzene rings is 2. The molecule has 0 amide bonds. The molecule has 0 heterocycles. The second kappa shape index (κ2) is 9.13. The van der Waals surface area contributed by atoms with Crippen LogP contribution in [-0.4, -0.2) is 8.42 Å². The minimum Gasteiger partial charge on any atom is -0.219 e. The van der Waals surface area contributed by atoms with E-state index in [1.165, 1.54) is 62.5 Å². The summed E-state index contributed by atoms with van der Waals surface area (Å²) in [4.78, 5) is 0.742. The molecule has 0 atom stereocenters. The van der Waals surface area contributed by atoms with Crippen molar-refractivity contribution in [3.8, 4) is 0 Å². The van der Waals surface area contributed by atoms with Crippen LogP contribution in [0, 0.1) is 0 Å². The second-order valence-electron chi connectivity index (χ2n) is 8.34. The summed E-state index contributed by atoms with van der Waals surface area (Å²) in [6, 6.07) is 14.8. The number of hydrogen-bond donors (Lipinski definition) is 0. The van der Waals surface area contributed by atoms with Gasteiger partial charge in [-0.1, -0.05) is 47.6 Å². The first-order valence-corrected chi connectivity index (χ1v) is 12.4. The van der Waals surface area contributed by atoms with E-state index in [4.69, 9.17) is 0 Å². The van der Waals surface area contributed by atoms with Gasteiger partial charge in [0.15, 0.2) is 0 Å². The Bertz CT molecular complexity index is 900. The third-order valence-corrected chi connectivity index (χ3v) is 8.00. The molecule has 2 aliphatic rings. The first-order chi connectivity index (χ1) is 14.1. The summed E-state index contributed by atoms with van der Waals surface area (Å²) >= 11 is 0. The van der Waals surface area contributed by atoms with Gasteiger partial charge < -0.3 is 0 Å². The Morgan fingerprint density at radius 1 is 0.586 bits per heavy atom. The van der Waals surface area contributed by atoms with E-state index in [0.717, 1.165) is 12.8 Å². The smallest absolute Gasteiger partial charge is 0.206 e. The fourth-order valence-electron chi connectivity index (χ4n) is 4.34. The van der Waals surface area contributed by atoms with Gasteiger partial charge in [0.05, 0.1) is 9.79 Å². The largest absolute Gasteiger partial charge is 0.219 e. The standard InChI is InChI=1S/C26H30O2S/c27-29(28,25-17-13-23(14-18-25)11-9-21-5-1-2-6-21)26-19-15-24(16-20-26)12-10-22-7-3-4-8-22/h9-10,13-20H,1-8,11-12H2. The Balaban J connectivity index is 1.43. The zero-order valence-corrected chi connectivity index (χ0v) is 17.9. The van der Waals surface area contributed by atoms with Crippen LogP contribution in [0.1, 0.15) is 62.5 Å². The highest BCUT2D eigenvalue weighted by atomic mass is 32.2. The Hall–Kier alpha value is -2.13. The minimum atomic E-state index is -3.46. The van der Waals surface area contributed by atoms with E-state index < -0.39 is 9.84 Å². The van der Waals surface area contributed by atoms with Gasteiger partial charge in [-0.3, -0.25) is 0 Å². The van der Waals surface area contributed by atoms with Crippen molar-refractivity contribution in [1.82, 2.24) is 0 Å². The van der Waals surface area contributed by atoms with Gasteiger partial charge >= 0.3 is 0 Å². The van der Waals surface area contributed by atoms with Gasteiger partial charge in [-0.25, -0.2) is 8.42 Å². The first-order valence-electron chi connectivity index (χ1n) is 10.9. The lowest BCUT2D eigenvalue weighted by molar-refractivity contribution is 0.596. The Labute approximate surface area is 175 Å². The van der Waals surface area contributed by atoms with Crippen LogP contribution >= 0.6 is 0 Å². The highest BCUT2D eigenvalue weighted by Crippen LogP contribution is 2.26. The van der Waals surface area contributed by atoms with Crippen LogP contribution in [0.4, 0.5) is 0 Å². The molecule has 0 radical (unpaired) electrons. The van der Waals surface area contributed by atoms with Crippen molar-refractivity contribution in [1.29, 1.82) is 0 Å². The molecule has 0 bridgehead atoms. The summed E-state index contributed by atoms with van der Waals surface area (Å²) in [7, 11) is -3.46. The van der Waals surface area contributed by atoms with E-state index in [9.17, 15) is 8.42 Å². The lowest BCUT2D eigenvalue weighted by Crippen LogP contribution is -2.02. The molecule has 2 saturated carbocycles. The van der Waals surface area contributed by atoms with Crippen molar-refractivity contribution in [2.45, 2.75) is 74.0 Å². The fourth-order valence-corrected chi connectivity index (χ4v) is 5.60. The van der Waals surface area contributed by atoms with Crippen LogP contribution in [0.15, 0.2) is 81.6 Å². The van der Waals surface area contributed by atoms with Crippen molar-refractivity contribution in [3.63, 3.8) is 0 Å². The average molecular weight is 407 g/mol. The molecule has 3 heteroatoms. The molecular weight excluding hydrogens is 376 g/mol. The molecular formula is C26H30O2S. The van der Waals surface area contributed by atoms with E-state index in [2.05, 4.69) is 12.2 Å². The minimum absolute atomic E-state index is 0.371. The maximum atomic E-state index is 13.0. The van der Waals surface area contributed by atoms with E-state index in [1.54, 1.807) is 35.4 Å². The molecule has 152 valence electrons. The molecule has 0 aliphatic heterocycles. The average Bonchev–Trinajstić information content (AvgIpc) is 3.45. The molecule has 2 aromatic carbocycles. The predicted octanol–water partition coefficient (Wildman–Crippen LogP) is 6.61. The molecule has 0 spiro atoms. The van der Waals surface area contributed by atoms with Crippen LogP contribution in [0.5, 0.6) is 0 Å². The molecule has 2 nitrogen and oxygen atoms in total. The van der Waals surface area contributed by atoms with E-state index in [0.29, 0.717) is 9.79 Å². The van der Waals surface area contributed by atoms with Crippen LogP contribution in [0.3, 0.4) is 0 Å². The molecule has 2 aliphatic carbocycles. The highest BCUT2D eigenvalue weighted by Gasteiger charge is 2.17. The Kier molecular flexibility index (Phi) is 6.34. The summed E-state index contributed by atoms with van der Waals surface area (Å²) < 4.78 is 25.9. The topological polar surface area (TPSA) is 34.1 Å². The quantitative estimate of drug-likeness (QED) is 0.506. The van der Waals surface area contributed by atoms with Crippen molar-refractivity contribution in [2.75, 3.05) is 0 Å². The van der Waals surface area contributed by atoms with Gasteiger partial charge in [0.2, 0.25) is 9.84 Å². The van der Waals surface area contributed by atoms with E-state index >= 15 is 0 Å². The fraction of sp³-hybridized carbons (Fsp3) is 0.385. The third kappa shape index (κ3) is 5.08. The van der Waals surface area contributed by atoms with Gasteiger partial charge in [0, 0.05) is 0 Å². The molecule has 29 heavy (non-hydrogen) atoms. The summed E-state index contributed by atoms with van der Waals surface area (Å²) in [5.74, 6) is 0. The predicted molar refractivity (Wildman–Crippen MR) is 119 cm³/mol. The maximum absolute atomic E-state index is 13.0. The van der Waals surface area contributed by atoms with E-state index in [-0.39, 0.29) is 0 Å². The Morgan fingerprint density at radius 3 is 1.28 bits per heavy atom. The van der Waals surface area contributed by atoms with Crippen LogP contribution < -0.4 is 0 Å². The normalized spacial score (nSPS) is 17.0. The van der Waals surface area contributed by atoms with Crippen molar-refractivity contribution in [2.24, 2.45) is 0 Å². The molecule has 4 rings (SSSR count). The van der Waals surface area contributed by atoms with E-state index in [1.807, 2.05) is 24.3 Å². The summed E-state index contributed by atoms with van der Waals surface area (Å²) in [5, 5.41) is 0. The zero-order chi connectivity index (χ0) is 20.1. The van der Waals surface area contributed by atoms with Crippen LogP contribution in [-0.2, 0) is 22.7 Å². The van der Waals surface area contributed by atoms with Crippen molar-refractivity contribution >= 4 is 9.84 Å². The van der Waals surface area contributed by atoms with Gasteiger partial charge in [-0.2, -0.15) is 0 Å². The van der Waals surface area contributed by atoms with Gasteiger partial charge in [-0.15, -0.1) is 0 Å². The van der Waals surface area contributed by atoms with Crippen LogP contribution in [0.25, 0.3) is 0 Å². The summed E-state index contributed by atoms with van der Waals surface area (Å²) in [6.07, 6.45) is 16.5. The molecule has 2 fully saturated rings. The summed E-state index contributed by atoms with van der Waals surface area (Å²) in [5.41, 5.74) is 5.42. The van der Waals surface area contributed by atoms with Crippen LogP contribution in [0.2, 0.25) is 0 Å². The monoisotopic (exact) mass is 406 g/mol. The number of sulfone groups is 1. The number of rotatable bonds is 6. The lowest BCUT2D eigenvalue weighted by Gasteiger charge is -2.07. The molecule has 0 saturated heterocycles. The highest BCUT2D eigenvalue weighted by molar-refractivity contribution is 7.91. The third-order valence-electron chi connectivity index (χ3n) is 6.21. The zero-order valence-electron chi connectivity index (χ0n) is 17.1. The first kappa shape index (κ1) is 20.2. The molecule has 0 aromatic heterocycles. The maximum Gasteiger partial charge on any atom is 0.206 e. The SMILES string of the molecule is O=S(=O)(c1ccc(CC=C2CCCC2)cc1)c1ccc(CC=C2CCCC2)cc1. The molecule has 0 N–H and O–H groups in total. The molecule has 0 unspecified atom stereocenters. The number of allylic oxidation sites excluding steroid dienone is 4. The second-order valence-corrected chi connectivity index (χ2v) is 10.3. The molecule has 2 aromatic rings. The van der Waals surface area contributed by atoms with Gasteiger partial charge in [0.25, 0.3) is 0 Å². The van der Waals surface area contributed by atoms with Gasteiger partial charge in [0.1, 0.15) is 0 Å². The summed E-state index contributed by atoms with van der Waals surface area (Å²) in [6.45, 7) is 0. The van der Waals surface area contributed by atoms with Gasteiger partial charge in [-0.05, 0) is 99.6 Å². The van der Waals surface area contributed by atoms with Crippen molar-refractivity contribution in [3.05, 3.63) is 83.0 Å². The Morgan fingerprint density at radius 2 is 0.931 bits per heavy atom. The lowest BCUT2D eigenvalue weighted by atomic mass is 10.1. The number of hydrogen-bond acceptors (Lipinski definition) is 2.